The fourth-order valence-electron chi connectivity index (χ4n) is 2.99. The van der Waals surface area contributed by atoms with E-state index >= 15 is 0 Å². The van der Waals surface area contributed by atoms with Gasteiger partial charge >= 0.3 is 0 Å². The Morgan fingerprint density at radius 1 is 0.762 bits per heavy atom. The predicted octanol–water partition coefficient (Wildman–Crippen LogP) is 4.38. The summed E-state index contributed by atoms with van der Waals surface area (Å²) in [6.07, 6.45) is 2.17. The van der Waals surface area contributed by atoms with Crippen molar-refractivity contribution >= 4 is 0 Å². The van der Waals surface area contributed by atoms with E-state index in [1.165, 1.54) is 27.8 Å². The van der Waals surface area contributed by atoms with Gasteiger partial charge in [-0.25, -0.2) is 0 Å². The average molecular weight is 281 g/mol. The summed E-state index contributed by atoms with van der Waals surface area (Å²) in [5, 5.41) is 3.63. The van der Waals surface area contributed by atoms with Gasteiger partial charge in [-0.3, -0.25) is 0 Å². The highest BCUT2D eigenvalue weighted by Gasteiger charge is 2.10. The minimum atomic E-state index is 0.499. The molecule has 0 bridgehead atoms. The van der Waals surface area contributed by atoms with E-state index in [0.717, 1.165) is 19.4 Å². The maximum atomic E-state index is 3.63. The molecule has 0 amide bonds. The third-order valence-electron chi connectivity index (χ3n) is 3.86. The summed E-state index contributed by atoms with van der Waals surface area (Å²) < 4.78 is 0. The smallest absolute Gasteiger partial charge is 0.0148 e. The maximum absolute atomic E-state index is 3.63. The zero-order valence-electron chi connectivity index (χ0n) is 13.7. The van der Waals surface area contributed by atoms with Crippen molar-refractivity contribution in [2.45, 2.75) is 46.6 Å². The van der Waals surface area contributed by atoms with Crippen molar-refractivity contribution in [2.75, 3.05) is 6.54 Å². The molecular weight excluding hydrogens is 254 g/mol. The van der Waals surface area contributed by atoms with Crippen LogP contribution in [0.4, 0.5) is 0 Å². The molecule has 0 aromatic heterocycles. The Balaban J connectivity index is 2.09. The van der Waals surface area contributed by atoms with Crippen LogP contribution in [0.25, 0.3) is 0 Å². The molecule has 0 aliphatic rings. The van der Waals surface area contributed by atoms with Crippen molar-refractivity contribution in [1.82, 2.24) is 5.32 Å². The standard InChI is InChI=1S/C20H27N/c1-5-21-20(13-18-8-6-15(2)7-9-18)14-19-11-16(3)10-17(4)12-19/h6-12,20-21H,5,13-14H2,1-4H3. The highest BCUT2D eigenvalue weighted by atomic mass is 14.9. The SMILES string of the molecule is CCNC(Cc1ccc(C)cc1)Cc1cc(C)cc(C)c1. The second-order valence-electron chi connectivity index (χ2n) is 6.14. The molecule has 1 atom stereocenters. The van der Waals surface area contributed by atoms with Crippen molar-refractivity contribution in [2.24, 2.45) is 0 Å². The van der Waals surface area contributed by atoms with Gasteiger partial charge in [-0.2, -0.15) is 0 Å². The Morgan fingerprint density at radius 3 is 1.90 bits per heavy atom. The van der Waals surface area contributed by atoms with Gasteiger partial charge in [0.25, 0.3) is 0 Å². The van der Waals surface area contributed by atoms with Crippen molar-refractivity contribution < 1.29 is 0 Å². The predicted molar refractivity (Wildman–Crippen MR) is 92.0 cm³/mol. The molecule has 0 heterocycles. The Hall–Kier alpha value is -1.60. The number of hydrogen-bond acceptors (Lipinski definition) is 1. The molecule has 0 saturated carbocycles. The number of rotatable bonds is 6. The first-order valence-corrected chi connectivity index (χ1v) is 7.93. The maximum Gasteiger partial charge on any atom is 0.0148 e. The number of likely N-dealkylation sites (N-methyl/N-ethyl adjacent to an activating group) is 1. The third kappa shape index (κ3) is 5.02. The summed E-state index contributed by atoms with van der Waals surface area (Å²) >= 11 is 0. The van der Waals surface area contributed by atoms with E-state index in [1.807, 2.05) is 0 Å². The monoisotopic (exact) mass is 281 g/mol. The zero-order chi connectivity index (χ0) is 15.2. The van der Waals surface area contributed by atoms with E-state index in [1.54, 1.807) is 0 Å². The largest absolute Gasteiger partial charge is 0.314 e. The van der Waals surface area contributed by atoms with Crippen LogP contribution in [0.5, 0.6) is 0 Å². The molecule has 2 aromatic carbocycles. The second-order valence-corrected chi connectivity index (χ2v) is 6.14. The van der Waals surface area contributed by atoms with Crippen LogP contribution in [0.2, 0.25) is 0 Å². The van der Waals surface area contributed by atoms with Gasteiger partial charge in [0, 0.05) is 6.04 Å². The molecule has 0 aliphatic carbocycles. The zero-order valence-corrected chi connectivity index (χ0v) is 13.7. The molecule has 1 N–H and O–H groups in total. The van der Waals surface area contributed by atoms with Crippen LogP contribution in [0, 0.1) is 20.8 Å². The van der Waals surface area contributed by atoms with E-state index in [0.29, 0.717) is 6.04 Å². The van der Waals surface area contributed by atoms with Gasteiger partial charge in [0.05, 0.1) is 0 Å². The van der Waals surface area contributed by atoms with Gasteiger partial charge < -0.3 is 5.32 Å². The third-order valence-corrected chi connectivity index (χ3v) is 3.86. The summed E-state index contributed by atoms with van der Waals surface area (Å²) in [7, 11) is 0. The van der Waals surface area contributed by atoms with Crippen LogP contribution in [0.3, 0.4) is 0 Å². The van der Waals surface area contributed by atoms with Crippen molar-refractivity contribution in [3.05, 3.63) is 70.3 Å². The first-order chi connectivity index (χ1) is 10.1. The lowest BCUT2D eigenvalue weighted by Gasteiger charge is -2.19. The number of aryl methyl sites for hydroxylation is 3. The Bertz CT molecular complexity index is 549. The molecule has 0 fully saturated rings. The van der Waals surface area contributed by atoms with Gasteiger partial charge in [0.1, 0.15) is 0 Å². The number of benzene rings is 2. The Kier molecular flexibility index (Phi) is 5.58. The lowest BCUT2D eigenvalue weighted by Crippen LogP contribution is -2.33. The number of hydrogen-bond donors (Lipinski definition) is 1. The van der Waals surface area contributed by atoms with Crippen LogP contribution in [0.15, 0.2) is 42.5 Å². The lowest BCUT2D eigenvalue weighted by molar-refractivity contribution is 0.521. The van der Waals surface area contributed by atoms with Gasteiger partial charge in [0.2, 0.25) is 0 Å². The van der Waals surface area contributed by atoms with Crippen molar-refractivity contribution in [3.63, 3.8) is 0 Å². The summed E-state index contributed by atoms with van der Waals surface area (Å²) in [6, 6.07) is 16.3. The van der Waals surface area contributed by atoms with E-state index in [4.69, 9.17) is 0 Å². The fourth-order valence-corrected chi connectivity index (χ4v) is 2.99. The minimum absolute atomic E-state index is 0.499. The van der Waals surface area contributed by atoms with Gasteiger partial charge in [-0.15, -0.1) is 0 Å². The average Bonchev–Trinajstić information content (AvgIpc) is 2.40. The van der Waals surface area contributed by atoms with Crippen LogP contribution in [0.1, 0.15) is 34.7 Å². The first-order valence-electron chi connectivity index (χ1n) is 7.93. The Morgan fingerprint density at radius 2 is 1.33 bits per heavy atom. The minimum Gasteiger partial charge on any atom is -0.314 e. The van der Waals surface area contributed by atoms with Gasteiger partial charge in [0.15, 0.2) is 0 Å². The molecule has 0 radical (unpaired) electrons. The topological polar surface area (TPSA) is 12.0 Å². The molecule has 1 heteroatoms. The molecule has 1 unspecified atom stereocenters. The van der Waals surface area contributed by atoms with E-state index in [-0.39, 0.29) is 0 Å². The second kappa shape index (κ2) is 7.42. The van der Waals surface area contributed by atoms with E-state index in [2.05, 4.69) is 75.5 Å². The molecule has 2 aromatic rings. The van der Waals surface area contributed by atoms with Crippen LogP contribution in [-0.4, -0.2) is 12.6 Å². The van der Waals surface area contributed by atoms with Crippen molar-refractivity contribution in [3.8, 4) is 0 Å². The molecule has 2 rings (SSSR count). The highest BCUT2D eigenvalue weighted by molar-refractivity contribution is 5.29. The van der Waals surface area contributed by atoms with Gasteiger partial charge in [-0.1, -0.05) is 66.1 Å². The molecule has 0 spiro atoms. The van der Waals surface area contributed by atoms with Crippen LogP contribution < -0.4 is 5.32 Å². The van der Waals surface area contributed by atoms with Crippen LogP contribution in [-0.2, 0) is 12.8 Å². The van der Waals surface area contributed by atoms with Crippen LogP contribution >= 0.6 is 0 Å². The first kappa shape index (κ1) is 15.8. The quantitative estimate of drug-likeness (QED) is 0.829. The molecule has 0 saturated heterocycles. The molecule has 112 valence electrons. The van der Waals surface area contributed by atoms with Crippen molar-refractivity contribution in [1.29, 1.82) is 0 Å². The summed E-state index contributed by atoms with van der Waals surface area (Å²) in [6.45, 7) is 9.70. The molecule has 21 heavy (non-hydrogen) atoms. The summed E-state index contributed by atoms with van der Waals surface area (Å²) in [4.78, 5) is 0. The molecule has 1 nitrogen and oxygen atoms in total. The number of nitrogens with one attached hydrogen (secondary N) is 1. The van der Waals surface area contributed by atoms with E-state index in [9.17, 15) is 0 Å². The molecular formula is C20H27N. The summed E-state index contributed by atoms with van der Waals surface area (Å²) in [5.41, 5.74) is 6.89. The normalized spacial score (nSPS) is 12.4. The van der Waals surface area contributed by atoms with E-state index < -0.39 is 0 Å². The Labute approximate surface area is 129 Å². The fraction of sp³-hybridized carbons (Fsp3) is 0.400. The highest BCUT2D eigenvalue weighted by Crippen LogP contribution is 2.14. The summed E-state index contributed by atoms with van der Waals surface area (Å²) in [5.74, 6) is 0. The lowest BCUT2D eigenvalue weighted by atomic mass is 9.96. The molecule has 0 aliphatic heterocycles. The van der Waals surface area contributed by atoms with Gasteiger partial charge in [-0.05, 0) is 51.3 Å².